The summed E-state index contributed by atoms with van der Waals surface area (Å²) in [6.45, 7) is 16.3. The lowest BCUT2D eigenvalue weighted by Crippen LogP contribution is -2.16. The van der Waals surface area contributed by atoms with E-state index in [2.05, 4.69) is 40.1 Å². The lowest BCUT2D eigenvalue weighted by Gasteiger charge is -2.26. The second-order valence-electron chi connectivity index (χ2n) is 15.9. The van der Waals surface area contributed by atoms with Crippen LogP contribution in [-0.4, -0.2) is 24.4 Å². The molecule has 0 amide bonds. The van der Waals surface area contributed by atoms with Crippen molar-refractivity contribution in [2.45, 2.75) is 132 Å². The van der Waals surface area contributed by atoms with Gasteiger partial charge in [-0.3, -0.25) is 0 Å². The summed E-state index contributed by atoms with van der Waals surface area (Å²) in [5, 5.41) is 15.8. The molecule has 16 nitrogen and oxygen atoms in total. The Morgan fingerprint density at radius 1 is 0.367 bits per heavy atom. The summed E-state index contributed by atoms with van der Waals surface area (Å²) < 4.78 is 26.9. The van der Waals surface area contributed by atoms with Gasteiger partial charge in [-0.1, -0.05) is 69.0 Å². The van der Waals surface area contributed by atoms with Crippen LogP contribution < -0.4 is 18.9 Å². The summed E-state index contributed by atoms with van der Waals surface area (Å²) in [6.07, 6.45) is 0.628. The monoisotopic (exact) mass is 812 g/mol. The van der Waals surface area contributed by atoms with Gasteiger partial charge in [0.1, 0.15) is 23.0 Å². The summed E-state index contributed by atoms with van der Waals surface area (Å²) in [6, 6.07) is 16.1. The van der Waals surface area contributed by atoms with Crippen LogP contribution in [0.4, 0.5) is 0 Å². The first-order valence-corrected chi connectivity index (χ1v) is 20.1. The smallest absolute Gasteiger partial charge is 0.126 e. The first kappa shape index (κ1) is 44.4. The maximum atomic E-state index is 9.38. The highest BCUT2D eigenvalue weighted by molar-refractivity contribution is 5.59. The summed E-state index contributed by atoms with van der Waals surface area (Å²) >= 11 is 0. The minimum Gasteiger partial charge on any atom is -0.490 e. The molecule has 312 valence electrons. The third-order valence-electron chi connectivity index (χ3n) is 9.41. The molecule has 0 spiro atoms. The van der Waals surface area contributed by atoms with Crippen molar-refractivity contribution in [3.8, 4) is 23.0 Å². The van der Waals surface area contributed by atoms with Gasteiger partial charge in [-0.15, -0.1) is 0 Å². The molecule has 4 aromatic carbocycles. The van der Waals surface area contributed by atoms with Crippen molar-refractivity contribution in [3.05, 3.63) is 157 Å². The summed E-state index contributed by atoms with van der Waals surface area (Å²) in [5.41, 5.74) is 47.4. The Morgan fingerprint density at radius 2 is 0.533 bits per heavy atom. The molecule has 8 bridgehead atoms. The zero-order valence-corrected chi connectivity index (χ0v) is 35.6. The van der Waals surface area contributed by atoms with Crippen LogP contribution in [0.25, 0.3) is 41.8 Å². The summed E-state index contributed by atoms with van der Waals surface area (Å²) in [4.78, 5) is 12.3. The van der Waals surface area contributed by atoms with Crippen molar-refractivity contribution < 1.29 is 18.9 Å². The third-order valence-corrected chi connectivity index (χ3v) is 9.41. The minimum absolute atomic E-state index is 0.110. The second kappa shape index (κ2) is 20.8. The summed E-state index contributed by atoms with van der Waals surface area (Å²) in [7, 11) is 0. The summed E-state index contributed by atoms with van der Waals surface area (Å²) in [5.74, 6) is 2.71. The standard InChI is InChI=1S/C44H52N12O4/c1-25(2)57-41-33-9-29(21-49-53-45)10-34(41)18-36-12-31(23-51-55-47)14-38(43(36)59-27(5)6)20-40-16-32(24-52-56-48)15-39(44(40)60-28(7)8)19-37-13-30(22-50-54-46)11-35(17-33)42(37)58-26(3)4/h9-16,25-28H,17-24H2,1-8H3. The molecule has 1 aliphatic carbocycles. The van der Waals surface area contributed by atoms with Crippen molar-refractivity contribution in [1.82, 2.24) is 0 Å². The van der Waals surface area contributed by atoms with E-state index in [1.165, 1.54) is 0 Å². The molecule has 0 aliphatic heterocycles. The Kier molecular flexibility index (Phi) is 15.4. The number of nitrogens with zero attached hydrogens (tertiary/aromatic N) is 12. The highest BCUT2D eigenvalue weighted by Gasteiger charge is 2.25. The predicted octanol–water partition coefficient (Wildman–Crippen LogP) is 12.8. The van der Waals surface area contributed by atoms with Gasteiger partial charge in [-0.05, 0) is 144 Å². The molecule has 1 aliphatic rings. The average molecular weight is 813 g/mol. The molecule has 0 saturated carbocycles. The van der Waals surface area contributed by atoms with E-state index >= 15 is 0 Å². The van der Waals surface area contributed by atoms with E-state index in [0.717, 1.165) is 66.8 Å². The van der Waals surface area contributed by atoms with Crippen molar-refractivity contribution >= 4 is 0 Å². The van der Waals surface area contributed by atoms with Crippen LogP contribution in [0, 0.1) is 0 Å². The Morgan fingerprint density at radius 3 is 0.667 bits per heavy atom. The first-order chi connectivity index (χ1) is 28.8. The fraction of sp³-hybridized carbons (Fsp3) is 0.455. The molecular weight excluding hydrogens is 761 g/mol. The predicted molar refractivity (Wildman–Crippen MR) is 231 cm³/mol. The van der Waals surface area contributed by atoms with Crippen LogP contribution in [0.15, 0.2) is 69.0 Å². The zero-order chi connectivity index (χ0) is 43.3. The highest BCUT2D eigenvalue weighted by atomic mass is 16.5. The lowest BCUT2D eigenvalue weighted by molar-refractivity contribution is 0.233. The van der Waals surface area contributed by atoms with Gasteiger partial charge in [0.05, 0.1) is 50.6 Å². The molecule has 0 radical (unpaired) electrons. The second-order valence-corrected chi connectivity index (χ2v) is 15.9. The van der Waals surface area contributed by atoms with Crippen LogP contribution in [0.5, 0.6) is 23.0 Å². The number of hydrogen-bond donors (Lipinski definition) is 0. The van der Waals surface area contributed by atoms with Crippen LogP contribution in [0.3, 0.4) is 0 Å². The van der Waals surface area contributed by atoms with Crippen LogP contribution in [-0.2, 0) is 51.9 Å². The van der Waals surface area contributed by atoms with E-state index in [1.54, 1.807) is 0 Å². The number of hydrogen-bond acceptors (Lipinski definition) is 8. The van der Waals surface area contributed by atoms with Gasteiger partial charge in [0.2, 0.25) is 0 Å². The van der Waals surface area contributed by atoms with Gasteiger partial charge >= 0.3 is 0 Å². The molecule has 0 saturated heterocycles. The fourth-order valence-electron chi connectivity index (χ4n) is 7.54. The molecule has 0 N–H and O–H groups in total. The highest BCUT2D eigenvalue weighted by Crippen LogP contribution is 2.42. The Labute approximate surface area is 350 Å². The first-order valence-electron chi connectivity index (χ1n) is 20.1. The van der Waals surface area contributed by atoms with E-state index < -0.39 is 0 Å². The van der Waals surface area contributed by atoms with Gasteiger partial charge in [0.25, 0.3) is 0 Å². The van der Waals surface area contributed by atoms with Gasteiger partial charge in [-0.2, -0.15) is 0 Å². The minimum atomic E-state index is -0.198. The molecule has 5 rings (SSSR count). The number of fused-ring (bicyclic) bond motifs is 8. The van der Waals surface area contributed by atoms with Crippen molar-refractivity contribution in [2.75, 3.05) is 0 Å². The Hall–Kier alpha value is -6.68. The number of benzene rings is 4. The van der Waals surface area contributed by atoms with E-state index in [4.69, 9.17) is 18.9 Å². The lowest BCUT2D eigenvalue weighted by atomic mass is 9.88. The molecular formula is C44H52N12O4. The quantitative estimate of drug-likeness (QED) is 0.0537. The molecule has 16 heteroatoms. The van der Waals surface area contributed by atoms with E-state index in [-0.39, 0.29) is 50.6 Å². The SMILES string of the molecule is CC(C)Oc1c2cc(CN=[N+]=[N-])cc1Cc1cc(CN=[N+]=[N-])cc(c1OC(C)C)Cc1cc(CN=[N+]=[N-])cc(c1OC(C)C)Cc1cc(CN=[N+]=[N-])cc(c1OC(C)C)C2. The normalized spacial score (nSPS) is 11.9. The third kappa shape index (κ3) is 11.7. The average Bonchev–Trinajstić information content (AvgIpc) is 3.18. The van der Waals surface area contributed by atoms with Crippen molar-refractivity contribution in [2.24, 2.45) is 20.5 Å². The Balaban J connectivity index is 1.99. The van der Waals surface area contributed by atoms with E-state index in [1.807, 2.05) is 104 Å². The van der Waals surface area contributed by atoms with Gasteiger partial charge in [-0.25, -0.2) is 0 Å². The Bertz CT molecular complexity index is 1980. The molecule has 0 heterocycles. The number of ether oxygens (including phenoxy) is 4. The van der Waals surface area contributed by atoms with Gasteiger partial charge in [0.15, 0.2) is 0 Å². The zero-order valence-electron chi connectivity index (χ0n) is 35.6. The van der Waals surface area contributed by atoms with Crippen LogP contribution in [0.1, 0.15) is 122 Å². The van der Waals surface area contributed by atoms with Crippen molar-refractivity contribution in [3.63, 3.8) is 0 Å². The largest absolute Gasteiger partial charge is 0.490 e. The molecule has 0 unspecified atom stereocenters. The molecule has 60 heavy (non-hydrogen) atoms. The van der Waals surface area contributed by atoms with E-state index in [0.29, 0.717) is 48.7 Å². The molecule has 0 aromatic heterocycles. The molecule has 0 atom stereocenters. The van der Waals surface area contributed by atoms with Crippen LogP contribution >= 0.6 is 0 Å². The number of rotatable bonds is 16. The maximum absolute atomic E-state index is 9.38. The maximum Gasteiger partial charge on any atom is 0.126 e. The van der Waals surface area contributed by atoms with Crippen LogP contribution in [0.2, 0.25) is 0 Å². The van der Waals surface area contributed by atoms with Gasteiger partial charge in [0, 0.05) is 45.3 Å². The molecule has 0 fully saturated rings. The van der Waals surface area contributed by atoms with E-state index in [9.17, 15) is 22.1 Å². The molecule has 4 aromatic rings. The fourth-order valence-corrected chi connectivity index (χ4v) is 7.54. The number of azide groups is 4. The van der Waals surface area contributed by atoms with Gasteiger partial charge < -0.3 is 18.9 Å². The topological polar surface area (TPSA) is 232 Å². The van der Waals surface area contributed by atoms with Crippen molar-refractivity contribution in [1.29, 1.82) is 0 Å².